The number of hydrogen-bond acceptors (Lipinski definition) is 2. The molecule has 8 aromatic carbocycles. The van der Waals surface area contributed by atoms with Gasteiger partial charge in [0.2, 0.25) is 5.78 Å². The van der Waals surface area contributed by atoms with E-state index in [1.165, 1.54) is 82.7 Å². The number of imidazole rings is 1. The highest BCUT2D eigenvalue weighted by molar-refractivity contribution is 6.10. The molecule has 0 atom stereocenters. The molecule has 0 amide bonds. The highest BCUT2D eigenvalue weighted by atomic mass is 15.1. The number of nitrogens with zero attached hydrogens (tertiary/aromatic N) is 5. The second-order valence-corrected chi connectivity index (χ2v) is 17.1. The smallest absolute Gasteiger partial charge is 0.234 e. The molecule has 0 saturated carbocycles. The summed E-state index contributed by atoms with van der Waals surface area (Å²) in [6.45, 7) is 4.74. The lowest BCUT2D eigenvalue weighted by Gasteiger charge is -2.23. The average molecular weight is 794 g/mol. The maximum Gasteiger partial charge on any atom is 0.234 e. The summed E-state index contributed by atoms with van der Waals surface area (Å²) >= 11 is 0. The number of benzene rings is 8. The van der Waals surface area contributed by atoms with Crippen LogP contribution < -0.4 is 0 Å². The Hall–Kier alpha value is -8.02. The third-order valence-electron chi connectivity index (χ3n) is 13.4. The van der Waals surface area contributed by atoms with Crippen molar-refractivity contribution in [1.29, 1.82) is 0 Å². The monoisotopic (exact) mass is 793 g/mol. The topological polar surface area (TPSA) is 40.1 Å². The van der Waals surface area contributed by atoms with Gasteiger partial charge < -0.3 is 9.13 Å². The van der Waals surface area contributed by atoms with E-state index in [0.717, 1.165) is 28.1 Å². The van der Waals surface area contributed by atoms with E-state index >= 15 is 0 Å². The first-order valence-electron chi connectivity index (χ1n) is 21.3. The summed E-state index contributed by atoms with van der Waals surface area (Å²) in [5.74, 6) is 0.677. The Morgan fingerprint density at radius 2 is 0.823 bits per heavy atom. The summed E-state index contributed by atoms with van der Waals surface area (Å²) in [5, 5.41) is 5.08. The fourth-order valence-electron chi connectivity index (χ4n) is 10.3. The van der Waals surface area contributed by atoms with E-state index in [1.54, 1.807) is 0 Å². The highest BCUT2D eigenvalue weighted by Gasteiger charge is 2.36. The standard InChI is InChI=1S/C57H39N5/c1-57(2)49-31-39(25-29-43(49)44-30-28-42(32-50(44)57)62-53-17-9-5-13-47(53)48-14-6-10-18-54(48)62)36-19-21-37(22-20-36)40-33-58-56-59-34-55(60(56)35-40)38-23-26-41(27-24-38)61-51-15-7-3-11-45(51)46-12-4-8-16-52(46)61/h3-35H,1-2H3. The summed E-state index contributed by atoms with van der Waals surface area (Å²) in [5.41, 5.74) is 19.0. The summed E-state index contributed by atoms with van der Waals surface area (Å²) < 4.78 is 6.87. The molecule has 4 heterocycles. The van der Waals surface area contributed by atoms with Crippen LogP contribution in [0.5, 0.6) is 0 Å². The molecule has 5 nitrogen and oxygen atoms in total. The Labute approximate surface area is 358 Å². The van der Waals surface area contributed by atoms with Gasteiger partial charge in [-0.3, -0.25) is 4.40 Å². The first kappa shape index (κ1) is 34.8. The Balaban J connectivity index is 0.802. The van der Waals surface area contributed by atoms with Crippen molar-refractivity contribution in [2.45, 2.75) is 19.3 Å². The van der Waals surface area contributed by atoms with E-state index in [-0.39, 0.29) is 5.41 Å². The van der Waals surface area contributed by atoms with Crippen molar-refractivity contribution in [2.75, 3.05) is 0 Å². The Morgan fingerprint density at radius 1 is 0.387 bits per heavy atom. The molecule has 0 fully saturated rings. The quantitative estimate of drug-likeness (QED) is 0.174. The fraction of sp³-hybridized carbons (Fsp3) is 0.0526. The molecule has 1 aliphatic carbocycles. The zero-order valence-corrected chi connectivity index (χ0v) is 34.3. The van der Waals surface area contributed by atoms with Crippen molar-refractivity contribution >= 4 is 49.4 Å². The molecule has 0 radical (unpaired) electrons. The van der Waals surface area contributed by atoms with Gasteiger partial charge in [0.25, 0.3) is 0 Å². The van der Waals surface area contributed by atoms with E-state index in [2.05, 4.69) is 221 Å². The predicted molar refractivity (Wildman–Crippen MR) is 256 cm³/mol. The lowest BCUT2D eigenvalue weighted by Crippen LogP contribution is -2.15. The molecular formula is C57H39N5. The molecule has 0 N–H and O–H groups in total. The van der Waals surface area contributed by atoms with Crippen molar-refractivity contribution in [3.05, 3.63) is 212 Å². The van der Waals surface area contributed by atoms with Gasteiger partial charge in [0.15, 0.2) is 0 Å². The minimum absolute atomic E-state index is 0.162. The van der Waals surface area contributed by atoms with E-state index in [4.69, 9.17) is 4.98 Å². The van der Waals surface area contributed by atoms with E-state index in [0.29, 0.717) is 5.78 Å². The van der Waals surface area contributed by atoms with Gasteiger partial charge in [-0.15, -0.1) is 0 Å². The van der Waals surface area contributed by atoms with Crippen LogP contribution in [0.25, 0.3) is 105 Å². The third kappa shape index (κ3) is 5.02. The largest absolute Gasteiger partial charge is 0.309 e. The van der Waals surface area contributed by atoms with Crippen LogP contribution in [0.15, 0.2) is 201 Å². The number of aromatic nitrogens is 5. The summed E-state index contributed by atoms with van der Waals surface area (Å²) in [6.07, 6.45) is 6.00. The van der Waals surface area contributed by atoms with Crippen LogP contribution in [-0.2, 0) is 5.41 Å². The molecule has 12 aromatic rings. The van der Waals surface area contributed by atoms with Crippen LogP contribution >= 0.6 is 0 Å². The Kier molecular flexibility index (Phi) is 7.29. The van der Waals surface area contributed by atoms with Crippen LogP contribution in [0.3, 0.4) is 0 Å². The SMILES string of the molecule is CC1(C)c2cc(-c3ccc(-c4cnc5ncc(-c6ccc(-n7c8ccccc8c8ccccc87)cc6)n5c4)cc3)ccc2-c2ccc(-n3c4ccccc4c4ccccc43)cc21. The maximum atomic E-state index is 4.78. The van der Waals surface area contributed by atoms with Gasteiger partial charge in [-0.1, -0.05) is 141 Å². The minimum Gasteiger partial charge on any atom is -0.309 e. The zero-order valence-electron chi connectivity index (χ0n) is 34.3. The van der Waals surface area contributed by atoms with Crippen molar-refractivity contribution < 1.29 is 0 Å². The number of hydrogen-bond donors (Lipinski definition) is 0. The predicted octanol–water partition coefficient (Wildman–Crippen LogP) is 14.2. The molecule has 0 saturated heterocycles. The second-order valence-electron chi connectivity index (χ2n) is 17.1. The van der Waals surface area contributed by atoms with E-state index < -0.39 is 0 Å². The maximum absolute atomic E-state index is 4.78. The number of para-hydroxylation sites is 4. The van der Waals surface area contributed by atoms with Gasteiger partial charge in [0.05, 0.1) is 34.0 Å². The normalized spacial score (nSPS) is 13.1. The first-order valence-corrected chi connectivity index (χ1v) is 21.3. The van der Waals surface area contributed by atoms with Gasteiger partial charge >= 0.3 is 0 Å². The molecule has 0 unspecified atom stereocenters. The van der Waals surface area contributed by atoms with Gasteiger partial charge in [-0.25, -0.2) is 9.97 Å². The van der Waals surface area contributed by atoms with Gasteiger partial charge in [-0.2, -0.15) is 0 Å². The molecule has 5 heteroatoms. The number of rotatable bonds is 5. The molecule has 62 heavy (non-hydrogen) atoms. The summed E-state index contributed by atoms with van der Waals surface area (Å²) in [6, 6.07) is 66.4. The fourth-order valence-corrected chi connectivity index (χ4v) is 10.3. The van der Waals surface area contributed by atoms with Crippen LogP contribution in [-0.4, -0.2) is 23.5 Å². The van der Waals surface area contributed by atoms with Gasteiger partial charge in [0.1, 0.15) is 0 Å². The van der Waals surface area contributed by atoms with Crippen molar-refractivity contribution in [1.82, 2.24) is 23.5 Å². The van der Waals surface area contributed by atoms with E-state index in [1.807, 2.05) is 12.4 Å². The zero-order chi connectivity index (χ0) is 41.1. The van der Waals surface area contributed by atoms with Gasteiger partial charge in [0, 0.05) is 61.9 Å². The van der Waals surface area contributed by atoms with Crippen LogP contribution in [0.4, 0.5) is 0 Å². The van der Waals surface area contributed by atoms with Crippen molar-refractivity contribution in [3.63, 3.8) is 0 Å². The first-order chi connectivity index (χ1) is 30.5. The highest BCUT2D eigenvalue weighted by Crippen LogP contribution is 2.50. The summed E-state index contributed by atoms with van der Waals surface area (Å²) in [4.78, 5) is 9.46. The lowest BCUT2D eigenvalue weighted by atomic mass is 9.81. The third-order valence-corrected chi connectivity index (χ3v) is 13.4. The molecule has 1 aliphatic rings. The van der Waals surface area contributed by atoms with Crippen LogP contribution in [0.2, 0.25) is 0 Å². The molecule has 0 bridgehead atoms. The molecule has 0 spiro atoms. The van der Waals surface area contributed by atoms with Crippen LogP contribution in [0.1, 0.15) is 25.0 Å². The molecule has 0 aliphatic heterocycles. The molecular weight excluding hydrogens is 755 g/mol. The minimum atomic E-state index is -0.162. The van der Waals surface area contributed by atoms with Crippen LogP contribution in [0, 0.1) is 0 Å². The second kappa shape index (κ2) is 13.0. The lowest BCUT2D eigenvalue weighted by molar-refractivity contribution is 0.660. The Morgan fingerprint density at radius 3 is 1.40 bits per heavy atom. The molecule has 13 rings (SSSR count). The Bertz CT molecular complexity index is 3660. The molecule has 292 valence electrons. The van der Waals surface area contributed by atoms with Gasteiger partial charge in [-0.05, 0) is 93.5 Å². The average Bonchev–Trinajstić information content (AvgIpc) is 4.06. The number of fused-ring (bicyclic) bond motifs is 10. The van der Waals surface area contributed by atoms with Crippen molar-refractivity contribution in [2.24, 2.45) is 0 Å². The van der Waals surface area contributed by atoms with Crippen molar-refractivity contribution in [3.8, 4) is 56.0 Å². The molecule has 4 aromatic heterocycles. The van der Waals surface area contributed by atoms with E-state index in [9.17, 15) is 0 Å². The summed E-state index contributed by atoms with van der Waals surface area (Å²) in [7, 11) is 0.